The average molecular weight is 542 g/mol. The van der Waals surface area contributed by atoms with Crippen LogP contribution in [0.25, 0.3) is 0 Å². The van der Waals surface area contributed by atoms with Gasteiger partial charge in [0.15, 0.2) is 0 Å². The van der Waals surface area contributed by atoms with Gasteiger partial charge in [0, 0.05) is 32.4 Å². The third-order valence-corrected chi connectivity index (χ3v) is 6.25. The first-order valence-electron chi connectivity index (χ1n) is 12.2. The van der Waals surface area contributed by atoms with Crippen LogP contribution >= 0.6 is 0 Å². The molecule has 1 aliphatic rings. The molecule has 1 saturated heterocycles. The lowest BCUT2D eigenvalue weighted by molar-refractivity contribution is -0.138. The minimum Gasteiger partial charge on any atom is -0.378 e. The van der Waals surface area contributed by atoms with Crippen LogP contribution in [0.1, 0.15) is 29.2 Å². The number of H-pyrrole nitrogens is 1. The summed E-state index contributed by atoms with van der Waals surface area (Å²) in [5.74, 6) is 0.651. The van der Waals surface area contributed by atoms with Crippen molar-refractivity contribution in [3.63, 3.8) is 0 Å². The fraction of sp³-hybridized carbons (Fsp3) is 0.346. The molecule has 1 amide bonds. The molecule has 0 aliphatic carbocycles. The van der Waals surface area contributed by atoms with E-state index in [1.807, 2.05) is 16.1 Å². The number of halogens is 3. The van der Waals surface area contributed by atoms with Gasteiger partial charge in [0.1, 0.15) is 17.5 Å². The minimum atomic E-state index is -4.88. The number of hydrogen-bond acceptors (Lipinski definition) is 8. The van der Waals surface area contributed by atoms with E-state index in [0.717, 1.165) is 12.0 Å². The van der Waals surface area contributed by atoms with Crippen LogP contribution in [0.2, 0.25) is 0 Å². The number of pyridine rings is 1. The molecule has 204 valence electrons. The molecule has 4 rings (SSSR count). The Bertz CT molecular complexity index is 1350. The predicted molar refractivity (Wildman–Crippen MR) is 136 cm³/mol. The second kappa shape index (κ2) is 12.4. The molecule has 0 saturated carbocycles. The van der Waals surface area contributed by atoms with E-state index in [4.69, 9.17) is 10.00 Å². The summed E-state index contributed by atoms with van der Waals surface area (Å²) in [4.78, 5) is 32.6. The molecule has 3 heterocycles. The Morgan fingerprint density at radius 1 is 1.13 bits per heavy atom. The Hall–Kier alpha value is -4.44. The summed E-state index contributed by atoms with van der Waals surface area (Å²) in [5, 5.41) is 17.0. The summed E-state index contributed by atoms with van der Waals surface area (Å²) < 4.78 is 46.2. The highest BCUT2D eigenvalue weighted by molar-refractivity contribution is 5.76. The summed E-state index contributed by atoms with van der Waals surface area (Å²) in [6.07, 6.45) is -2.35. The molecule has 1 fully saturated rings. The van der Waals surface area contributed by atoms with Crippen molar-refractivity contribution in [3.8, 4) is 6.07 Å². The summed E-state index contributed by atoms with van der Waals surface area (Å²) in [6, 6.07) is 13.5. The number of hydrogen-bond donors (Lipinski definition) is 2. The molecule has 1 aliphatic heterocycles. The normalized spacial score (nSPS) is 14.5. The highest BCUT2D eigenvalue weighted by atomic mass is 19.4. The van der Waals surface area contributed by atoms with Crippen LogP contribution in [0.3, 0.4) is 0 Å². The number of aromatic amines is 1. The average Bonchev–Trinajstić information content (AvgIpc) is 2.94. The number of rotatable bonds is 9. The van der Waals surface area contributed by atoms with Crippen molar-refractivity contribution in [1.82, 2.24) is 20.1 Å². The van der Waals surface area contributed by atoms with Crippen molar-refractivity contribution in [3.05, 3.63) is 81.9 Å². The fourth-order valence-electron chi connectivity index (χ4n) is 4.23. The first-order chi connectivity index (χ1) is 18.8. The number of amides is 1. The molecule has 2 N–H and O–H groups in total. The third-order valence-electron chi connectivity index (χ3n) is 6.25. The number of ether oxygens (including phenoxy) is 1. The molecule has 2 aromatic heterocycles. The van der Waals surface area contributed by atoms with E-state index < -0.39 is 29.0 Å². The maximum atomic E-state index is 13.5. The molecule has 0 radical (unpaired) electrons. The van der Waals surface area contributed by atoms with E-state index >= 15 is 0 Å². The largest absolute Gasteiger partial charge is 0.423 e. The standard InChI is InChI=1S/C26H26F3N7O3/c27-26(28,29)24-20(16-32-34-25(24)38)33-21(19-4-2-1-3-5-19)17-39-13-8-23(37)36-11-9-35(10-12-36)22-7-6-18(14-30)15-31-22/h1-7,15-16,21H,8-13,17H2,(H2,33,34,38). The van der Waals surface area contributed by atoms with Crippen molar-refractivity contribution in [2.75, 3.05) is 49.6 Å². The van der Waals surface area contributed by atoms with E-state index in [-0.39, 0.29) is 25.5 Å². The van der Waals surface area contributed by atoms with Crippen LogP contribution in [-0.4, -0.2) is 65.4 Å². The highest BCUT2D eigenvalue weighted by Gasteiger charge is 2.38. The number of piperazine rings is 1. The van der Waals surface area contributed by atoms with Gasteiger partial charge in [0.05, 0.1) is 43.1 Å². The maximum absolute atomic E-state index is 13.5. The molecule has 3 aromatic rings. The van der Waals surface area contributed by atoms with Gasteiger partial charge in [-0.05, 0) is 17.7 Å². The number of nitriles is 1. The monoisotopic (exact) mass is 541 g/mol. The zero-order valence-corrected chi connectivity index (χ0v) is 20.8. The van der Waals surface area contributed by atoms with Gasteiger partial charge in [-0.25, -0.2) is 10.1 Å². The van der Waals surface area contributed by atoms with Crippen LogP contribution in [0, 0.1) is 11.3 Å². The van der Waals surface area contributed by atoms with Crippen LogP contribution < -0.4 is 15.8 Å². The summed E-state index contributed by atoms with van der Waals surface area (Å²) in [5.41, 5.74) is -2.06. The van der Waals surface area contributed by atoms with Crippen LogP contribution in [0.4, 0.5) is 24.7 Å². The van der Waals surface area contributed by atoms with Crippen molar-refractivity contribution in [2.45, 2.75) is 18.6 Å². The Morgan fingerprint density at radius 2 is 1.87 bits per heavy atom. The molecule has 39 heavy (non-hydrogen) atoms. The molecule has 1 atom stereocenters. The van der Waals surface area contributed by atoms with Crippen molar-refractivity contribution in [1.29, 1.82) is 5.26 Å². The Balaban J connectivity index is 1.31. The third kappa shape index (κ3) is 7.11. The van der Waals surface area contributed by atoms with Crippen molar-refractivity contribution in [2.24, 2.45) is 0 Å². The Morgan fingerprint density at radius 3 is 2.51 bits per heavy atom. The second-order valence-corrected chi connectivity index (χ2v) is 8.80. The van der Waals surface area contributed by atoms with Crippen LogP contribution in [0.15, 0.2) is 59.7 Å². The number of carbonyl (C=O) groups is 1. The zero-order chi connectivity index (χ0) is 27.8. The number of nitrogens with one attached hydrogen (secondary N) is 2. The Labute approximate surface area is 222 Å². The van der Waals surface area contributed by atoms with Crippen LogP contribution in [-0.2, 0) is 15.7 Å². The number of benzene rings is 1. The molecule has 1 unspecified atom stereocenters. The molecule has 10 nitrogen and oxygen atoms in total. The van der Waals surface area contributed by atoms with E-state index in [2.05, 4.69) is 15.4 Å². The van der Waals surface area contributed by atoms with Gasteiger partial charge < -0.3 is 19.9 Å². The van der Waals surface area contributed by atoms with Crippen molar-refractivity contribution < 1.29 is 22.7 Å². The lowest BCUT2D eigenvalue weighted by Gasteiger charge is -2.35. The molecular formula is C26H26F3N7O3. The highest BCUT2D eigenvalue weighted by Crippen LogP contribution is 2.33. The number of carbonyl (C=O) groups excluding carboxylic acids is 1. The SMILES string of the molecule is N#Cc1ccc(N2CCN(C(=O)CCOCC(Nc3cn[nH]c(=O)c3C(F)(F)F)c3ccccc3)CC2)nc1. The van der Waals surface area contributed by atoms with E-state index in [9.17, 15) is 22.8 Å². The van der Waals surface area contributed by atoms with Gasteiger partial charge >= 0.3 is 6.18 Å². The lowest BCUT2D eigenvalue weighted by Crippen LogP contribution is -2.49. The fourth-order valence-corrected chi connectivity index (χ4v) is 4.23. The zero-order valence-electron chi connectivity index (χ0n) is 20.8. The van der Waals surface area contributed by atoms with Crippen LogP contribution in [0.5, 0.6) is 0 Å². The lowest BCUT2D eigenvalue weighted by atomic mass is 10.1. The molecule has 1 aromatic carbocycles. The smallest absolute Gasteiger partial charge is 0.378 e. The van der Waals surface area contributed by atoms with Gasteiger partial charge in [-0.3, -0.25) is 9.59 Å². The molecule has 0 bridgehead atoms. The Kier molecular flexibility index (Phi) is 8.77. The molecule has 0 spiro atoms. The summed E-state index contributed by atoms with van der Waals surface area (Å²) in [6.45, 7) is 2.23. The first-order valence-corrected chi connectivity index (χ1v) is 12.2. The van der Waals surface area contributed by atoms with E-state index in [1.54, 1.807) is 47.4 Å². The van der Waals surface area contributed by atoms with Gasteiger partial charge in [-0.15, -0.1) is 0 Å². The van der Waals surface area contributed by atoms with Gasteiger partial charge in [-0.1, -0.05) is 30.3 Å². The van der Waals surface area contributed by atoms with Gasteiger partial charge in [0.25, 0.3) is 5.56 Å². The van der Waals surface area contributed by atoms with Crippen molar-refractivity contribution >= 4 is 17.4 Å². The number of nitrogens with zero attached hydrogens (tertiary/aromatic N) is 5. The number of aromatic nitrogens is 3. The number of alkyl halides is 3. The molecular weight excluding hydrogens is 515 g/mol. The molecule has 13 heteroatoms. The maximum Gasteiger partial charge on any atom is 0.423 e. The van der Waals surface area contributed by atoms with E-state index in [1.165, 1.54) is 6.20 Å². The number of anilines is 2. The van der Waals surface area contributed by atoms with Gasteiger partial charge in [0.2, 0.25) is 5.91 Å². The summed E-state index contributed by atoms with van der Waals surface area (Å²) >= 11 is 0. The first kappa shape index (κ1) is 27.6. The second-order valence-electron chi connectivity index (χ2n) is 8.80. The predicted octanol–water partition coefficient (Wildman–Crippen LogP) is 2.96. The van der Waals surface area contributed by atoms with Gasteiger partial charge in [-0.2, -0.15) is 23.5 Å². The minimum absolute atomic E-state index is 0.0421. The quantitative estimate of drug-likeness (QED) is 0.396. The topological polar surface area (TPSA) is 127 Å². The summed E-state index contributed by atoms with van der Waals surface area (Å²) in [7, 11) is 0. The van der Waals surface area contributed by atoms with E-state index in [0.29, 0.717) is 37.3 Å².